The summed E-state index contributed by atoms with van der Waals surface area (Å²) in [6.07, 6.45) is 2.51. The zero-order valence-electron chi connectivity index (χ0n) is 12.8. The summed E-state index contributed by atoms with van der Waals surface area (Å²) in [5, 5.41) is 12.2. The number of imidazole rings is 1. The topological polar surface area (TPSA) is 66.6 Å². The molecule has 5 nitrogen and oxygen atoms in total. The minimum atomic E-state index is -0.225. The Morgan fingerprint density at radius 1 is 1.35 bits per heavy atom. The molecule has 0 aliphatic rings. The number of anilines is 1. The first kappa shape index (κ1) is 15.6. The van der Waals surface area contributed by atoms with E-state index in [1.807, 2.05) is 30.5 Å². The fraction of sp³-hybridized carbons (Fsp3) is 0.176. The molecule has 3 rings (SSSR count). The number of nitrogens with one attached hydrogen (secondary N) is 1. The van der Waals surface area contributed by atoms with Gasteiger partial charge < -0.3 is 10.4 Å². The van der Waals surface area contributed by atoms with Gasteiger partial charge in [0.25, 0.3) is 5.91 Å². The fourth-order valence-corrected chi connectivity index (χ4v) is 3.09. The number of halogens is 1. The molecule has 0 unspecified atom stereocenters. The number of phenols is 1. The molecule has 2 aromatic heterocycles. The lowest BCUT2D eigenvalue weighted by Gasteiger charge is -2.07. The number of fused-ring (bicyclic) bond motifs is 1. The smallest absolute Gasteiger partial charge is 0.274 e. The zero-order valence-corrected chi connectivity index (χ0v) is 14.4. The van der Waals surface area contributed by atoms with E-state index in [1.54, 1.807) is 12.1 Å². The SMILES string of the molecule is CCc1nc2c(C)cc(Br)cn2c1C(=O)Nc1ccc(O)cc1. The lowest BCUT2D eigenvalue weighted by atomic mass is 10.2. The molecule has 0 saturated heterocycles. The third kappa shape index (κ3) is 2.94. The van der Waals surface area contributed by atoms with Crippen molar-refractivity contribution in [2.24, 2.45) is 0 Å². The number of hydrogen-bond donors (Lipinski definition) is 2. The second-order valence-electron chi connectivity index (χ2n) is 5.30. The number of nitrogens with zero attached hydrogens (tertiary/aromatic N) is 2. The molecule has 0 aliphatic carbocycles. The van der Waals surface area contributed by atoms with Crippen LogP contribution >= 0.6 is 15.9 Å². The molecular formula is C17H16BrN3O2. The van der Waals surface area contributed by atoms with E-state index in [4.69, 9.17) is 0 Å². The predicted molar refractivity (Wildman–Crippen MR) is 93.1 cm³/mol. The van der Waals surface area contributed by atoms with E-state index in [9.17, 15) is 9.90 Å². The standard InChI is InChI=1S/C17H16BrN3O2/c1-3-14-15(17(23)19-12-4-6-13(22)7-5-12)21-9-11(18)8-10(2)16(21)20-14/h4-9,22H,3H2,1-2H3,(H,19,23). The highest BCUT2D eigenvalue weighted by molar-refractivity contribution is 9.10. The molecule has 0 spiro atoms. The average Bonchev–Trinajstić information content (AvgIpc) is 2.88. The second kappa shape index (κ2) is 6.04. The highest BCUT2D eigenvalue weighted by Crippen LogP contribution is 2.22. The van der Waals surface area contributed by atoms with Crippen molar-refractivity contribution in [3.05, 3.63) is 58.0 Å². The Morgan fingerprint density at radius 2 is 2.04 bits per heavy atom. The minimum absolute atomic E-state index is 0.159. The summed E-state index contributed by atoms with van der Waals surface area (Å²) in [6, 6.07) is 8.35. The number of aromatic nitrogens is 2. The summed E-state index contributed by atoms with van der Waals surface area (Å²) in [5.41, 5.74) is 3.68. The van der Waals surface area contributed by atoms with Crippen LogP contribution in [0.3, 0.4) is 0 Å². The van der Waals surface area contributed by atoms with E-state index in [0.717, 1.165) is 21.4 Å². The van der Waals surface area contributed by atoms with Gasteiger partial charge in [0.05, 0.1) is 5.69 Å². The molecular weight excluding hydrogens is 358 g/mol. The van der Waals surface area contributed by atoms with Crippen molar-refractivity contribution >= 4 is 33.2 Å². The molecule has 118 valence electrons. The van der Waals surface area contributed by atoms with Crippen LogP contribution in [-0.2, 0) is 6.42 Å². The Kier molecular flexibility index (Phi) is 4.09. The largest absolute Gasteiger partial charge is 0.508 e. The van der Waals surface area contributed by atoms with Gasteiger partial charge >= 0.3 is 0 Å². The summed E-state index contributed by atoms with van der Waals surface area (Å²) in [4.78, 5) is 17.3. The van der Waals surface area contributed by atoms with Gasteiger partial charge in [-0.25, -0.2) is 4.98 Å². The van der Waals surface area contributed by atoms with Gasteiger partial charge in [-0.15, -0.1) is 0 Å². The summed E-state index contributed by atoms with van der Waals surface area (Å²) < 4.78 is 2.70. The molecule has 0 bridgehead atoms. The molecule has 1 aromatic carbocycles. The van der Waals surface area contributed by atoms with E-state index in [-0.39, 0.29) is 11.7 Å². The molecule has 3 aromatic rings. The number of pyridine rings is 1. The molecule has 0 atom stereocenters. The summed E-state index contributed by atoms with van der Waals surface area (Å²) >= 11 is 3.46. The van der Waals surface area contributed by atoms with Crippen LogP contribution in [-0.4, -0.2) is 20.4 Å². The van der Waals surface area contributed by atoms with Crippen LogP contribution in [0, 0.1) is 6.92 Å². The van der Waals surface area contributed by atoms with Crippen LogP contribution in [0.4, 0.5) is 5.69 Å². The minimum Gasteiger partial charge on any atom is -0.508 e. The number of hydrogen-bond acceptors (Lipinski definition) is 3. The van der Waals surface area contributed by atoms with Crippen molar-refractivity contribution in [2.75, 3.05) is 5.32 Å². The van der Waals surface area contributed by atoms with E-state index < -0.39 is 0 Å². The van der Waals surface area contributed by atoms with Gasteiger partial charge in [0.2, 0.25) is 0 Å². The molecule has 6 heteroatoms. The quantitative estimate of drug-likeness (QED) is 0.683. The van der Waals surface area contributed by atoms with E-state index in [2.05, 4.69) is 26.2 Å². The van der Waals surface area contributed by atoms with Crippen LogP contribution in [0.5, 0.6) is 5.75 Å². The Balaban J connectivity index is 2.07. The first-order valence-corrected chi connectivity index (χ1v) is 8.06. The van der Waals surface area contributed by atoms with E-state index in [0.29, 0.717) is 17.8 Å². The van der Waals surface area contributed by atoms with Gasteiger partial charge in [-0.1, -0.05) is 6.92 Å². The van der Waals surface area contributed by atoms with Crippen molar-refractivity contribution in [1.82, 2.24) is 9.38 Å². The number of amides is 1. The van der Waals surface area contributed by atoms with Crippen molar-refractivity contribution in [1.29, 1.82) is 0 Å². The van der Waals surface area contributed by atoms with Crippen LogP contribution in [0.25, 0.3) is 5.65 Å². The first-order valence-electron chi connectivity index (χ1n) is 7.27. The summed E-state index contributed by atoms with van der Waals surface area (Å²) in [5.74, 6) is -0.0656. The number of rotatable bonds is 3. The molecule has 0 radical (unpaired) electrons. The average molecular weight is 374 g/mol. The maximum Gasteiger partial charge on any atom is 0.274 e. The third-order valence-electron chi connectivity index (χ3n) is 3.62. The van der Waals surface area contributed by atoms with Crippen LogP contribution < -0.4 is 5.32 Å². The summed E-state index contributed by atoms with van der Waals surface area (Å²) in [7, 11) is 0. The van der Waals surface area contributed by atoms with E-state index in [1.165, 1.54) is 12.1 Å². The molecule has 1 amide bonds. The molecule has 0 saturated carbocycles. The van der Waals surface area contributed by atoms with Crippen molar-refractivity contribution in [2.45, 2.75) is 20.3 Å². The van der Waals surface area contributed by atoms with Gasteiger partial charge in [0.15, 0.2) is 0 Å². The Labute approximate surface area is 142 Å². The molecule has 2 N–H and O–H groups in total. The van der Waals surface area contributed by atoms with Gasteiger partial charge in [-0.3, -0.25) is 9.20 Å². The molecule has 0 fully saturated rings. The zero-order chi connectivity index (χ0) is 16.6. The number of benzene rings is 1. The van der Waals surface area contributed by atoms with Crippen LogP contribution in [0.2, 0.25) is 0 Å². The van der Waals surface area contributed by atoms with Gasteiger partial charge in [0.1, 0.15) is 17.1 Å². The van der Waals surface area contributed by atoms with Crippen LogP contribution in [0.1, 0.15) is 28.7 Å². The molecule has 0 aliphatic heterocycles. The van der Waals surface area contributed by atoms with Crippen molar-refractivity contribution in [3.8, 4) is 5.75 Å². The second-order valence-corrected chi connectivity index (χ2v) is 6.21. The van der Waals surface area contributed by atoms with Crippen LogP contribution in [0.15, 0.2) is 41.0 Å². The number of carbonyl (C=O) groups is 1. The number of phenolic OH excluding ortho intramolecular Hbond substituents is 1. The van der Waals surface area contributed by atoms with Gasteiger partial charge in [0, 0.05) is 16.4 Å². The fourth-order valence-electron chi connectivity index (χ4n) is 2.54. The van der Waals surface area contributed by atoms with Crippen molar-refractivity contribution in [3.63, 3.8) is 0 Å². The lowest BCUT2D eigenvalue weighted by molar-refractivity contribution is 0.102. The predicted octanol–water partition coefficient (Wildman–Crippen LogP) is 3.93. The number of carbonyl (C=O) groups excluding carboxylic acids is 1. The third-order valence-corrected chi connectivity index (χ3v) is 4.05. The maximum absolute atomic E-state index is 12.7. The maximum atomic E-state index is 12.7. The Bertz CT molecular complexity index is 885. The lowest BCUT2D eigenvalue weighted by Crippen LogP contribution is -2.16. The highest BCUT2D eigenvalue weighted by atomic mass is 79.9. The van der Waals surface area contributed by atoms with Crippen molar-refractivity contribution < 1.29 is 9.90 Å². The molecule has 23 heavy (non-hydrogen) atoms. The summed E-state index contributed by atoms with van der Waals surface area (Å²) in [6.45, 7) is 3.94. The monoisotopic (exact) mass is 373 g/mol. The molecule has 2 heterocycles. The van der Waals surface area contributed by atoms with Gasteiger partial charge in [-0.2, -0.15) is 0 Å². The van der Waals surface area contributed by atoms with E-state index >= 15 is 0 Å². The highest BCUT2D eigenvalue weighted by Gasteiger charge is 2.19. The number of aromatic hydroxyl groups is 1. The Hall–Kier alpha value is -2.34. The Morgan fingerprint density at radius 3 is 2.70 bits per heavy atom. The van der Waals surface area contributed by atoms with Gasteiger partial charge in [-0.05, 0) is 65.2 Å². The number of aryl methyl sites for hydroxylation is 2. The normalized spacial score (nSPS) is 10.9. The first-order chi connectivity index (χ1) is 11.0.